The number of rotatable bonds is 7. The van der Waals surface area contributed by atoms with Crippen molar-refractivity contribution in [2.45, 2.75) is 70.9 Å². The maximum absolute atomic E-state index is 12.8. The highest BCUT2D eigenvalue weighted by Crippen LogP contribution is 2.37. The molecule has 0 aliphatic heterocycles. The molecule has 0 saturated heterocycles. The molecule has 2 fully saturated rings. The van der Waals surface area contributed by atoms with Crippen LogP contribution in [0.5, 0.6) is 0 Å². The molecule has 2 aliphatic rings. The summed E-state index contributed by atoms with van der Waals surface area (Å²) in [6.45, 7) is 4.87. The molecule has 3 rings (SSSR count). The second-order valence-corrected chi connectivity index (χ2v) is 8.49. The van der Waals surface area contributed by atoms with Crippen LogP contribution < -0.4 is 0 Å². The summed E-state index contributed by atoms with van der Waals surface area (Å²) in [5.74, 6) is 2.50. The van der Waals surface area contributed by atoms with Crippen LogP contribution in [0.4, 0.5) is 0 Å². The fraction of sp³-hybridized carbons (Fsp3) is 0.737. The fourth-order valence-corrected chi connectivity index (χ4v) is 4.44. The summed E-state index contributed by atoms with van der Waals surface area (Å²) in [4.78, 5) is 23.0. The molecule has 5 heteroatoms. The number of nitrogens with zero attached hydrogens (tertiary/aromatic N) is 2. The van der Waals surface area contributed by atoms with Gasteiger partial charge in [0.05, 0.1) is 6.54 Å². The molecule has 3 atom stereocenters. The van der Waals surface area contributed by atoms with Crippen molar-refractivity contribution >= 4 is 20.4 Å². The number of nitrogens with one attached hydrogen (secondary N) is 1. The molecular weight excluding hydrogens is 317 g/mol. The summed E-state index contributed by atoms with van der Waals surface area (Å²) in [5.41, 5.74) is 1.27. The third-order valence-corrected chi connectivity index (χ3v) is 6.39. The zero-order valence-electron chi connectivity index (χ0n) is 15.0. The summed E-state index contributed by atoms with van der Waals surface area (Å²) in [6, 6.07) is 0.393. The Morgan fingerprint density at radius 2 is 2.17 bits per heavy atom. The Morgan fingerprint density at radius 1 is 1.46 bits per heavy atom. The van der Waals surface area contributed by atoms with Crippen LogP contribution in [0.2, 0.25) is 0 Å². The van der Waals surface area contributed by atoms with Crippen LogP contribution >= 0.6 is 8.20 Å². The first-order valence-electron chi connectivity index (χ1n) is 9.37. The van der Waals surface area contributed by atoms with Crippen molar-refractivity contribution in [3.8, 4) is 0 Å². The average molecular weight is 347 g/mol. The Hall–Kier alpha value is -1.15. The summed E-state index contributed by atoms with van der Waals surface area (Å²) >= 11 is 0. The number of aromatic nitrogens is 2. The number of hydrogen-bond acceptors (Lipinski definition) is 2. The van der Waals surface area contributed by atoms with Gasteiger partial charge in [-0.25, -0.2) is 4.98 Å². The first-order chi connectivity index (χ1) is 11.6. The van der Waals surface area contributed by atoms with Gasteiger partial charge in [0.2, 0.25) is 5.91 Å². The molecule has 1 amide bonds. The second kappa shape index (κ2) is 7.82. The van der Waals surface area contributed by atoms with E-state index in [0.717, 1.165) is 26.6 Å². The Bertz CT molecular complexity index is 579. The van der Waals surface area contributed by atoms with Gasteiger partial charge < -0.3 is 9.88 Å². The lowest BCUT2D eigenvalue weighted by molar-refractivity contribution is -0.135. The van der Waals surface area contributed by atoms with E-state index in [1.54, 1.807) is 0 Å². The largest absolute Gasteiger partial charge is 0.344 e. The van der Waals surface area contributed by atoms with Crippen LogP contribution in [0, 0.1) is 11.8 Å². The smallest absolute Gasteiger partial charge is 0.226 e. The molecule has 24 heavy (non-hydrogen) atoms. The van der Waals surface area contributed by atoms with Crippen LogP contribution in [0.1, 0.15) is 69.8 Å². The van der Waals surface area contributed by atoms with Gasteiger partial charge >= 0.3 is 0 Å². The minimum atomic E-state index is 0.0461. The quantitative estimate of drug-likeness (QED) is 0.751. The molecule has 2 saturated carbocycles. The van der Waals surface area contributed by atoms with Gasteiger partial charge in [-0.3, -0.25) is 4.79 Å². The van der Waals surface area contributed by atoms with Crippen molar-refractivity contribution in [3.63, 3.8) is 0 Å². The van der Waals surface area contributed by atoms with E-state index in [-0.39, 0.29) is 11.8 Å². The van der Waals surface area contributed by atoms with Gasteiger partial charge in [-0.15, -0.1) is 8.20 Å². The molecular formula is C19H30N3OP. The molecule has 0 radical (unpaired) electrons. The van der Waals surface area contributed by atoms with Crippen molar-refractivity contribution in [2.24, 2.45) is 11.8 Å². The zero-order chi connectivity index (χ0) is 17.1. The fourth-order valence-electron chi connectivity index (χ4n) is 3.89. The Kier molecular flexibility index (Phi) is 5.76. The molecule has 132 valence electrons. The second-order valence-electron chi connectivity index (χ2n) is 7.67. The van der Waals surface area contributed by atoms with Crippen molar-refractivity contribution in [1.29, 1.82) is 0 Å². The Morgan fingerprint density at radius 3 is 2.79 bits per heavy atom. The number of carbonyl (C=O) groups is 1. The summed E-state index contributed by atoms with van der Waals surface area (Å²) in [5, 5.41) is 0. The van der Waals surface area contributed by atoms with Crippen LogP contribution in [-0.4, -0.2) is 39.3 Å². The van der Waals surface area contributed by atoms with Crippen molar-refractivity contribution in [3.05, 3.63) is 17.7 Å². The van der Waals surface area contributed by atoms with Gasteiger partial charge in [-0.2, -0.15) is 0 Å². The van der Waals surface area contributed by atoms with Gasteiger partial charge in [0, 0.05) is 35.9 Å². The monoisotopic (exact) mass is 347 g/mol. The number of hydrogen-bond donors (Lipinski definition) is 1. The molecule has 4 nitrogen and oxygen atoms in total. The van der Waals surface area contributed by atoms with E-state index in [1.807, 2.05) is 13.1 Å². The molecule has 1 N–H and O–H groups in total. The number of H-pyrrole nitrogens is 1. The third kappa shape index (κ3) is 4.08. The van der Waals surface area contributed by atoms with Gasteiger partial charge in [-0.1, -0.05) is 39.4 Å². The highest BCUT2D eigenvalue weighted by molar-refractivity contribution is 7.36. The summed E-state index contributed by atoms with van der Waals surface area (Å²) < 4.78 is 0. The lowest BCUT2D eigenvalue weighted by Crippen LogP contribution is -2.38. The van der Waals surface area contributed by atoms with Gasteiger partial charge in [-0.05, 0) is 25.2 Å². The molecule has 0 aromatic carbocycles. The van der Waals surface area contributed by atoms with Crippen molar-refractivity contribution in [2.75, 3.05) is 6.16 Å². The Balaban J connectivity index is 1.67. The minimum absolute atomic E-state index is 0.0461. The van der Waals surface area contributed by atoms with Gasteiger partial charge in [0.1, 0.15) is 5.82 Å². The highest BCUT2D eigenvalue weighted by atomic mass is 31.1. The van der Waals surface area contributed by atoms with E-state index in [2.05, 4.69) is 28.1 Å². The molecule has 1 aromatic heterocycles. The van der Waals surface area contributed by atoms with Crippen molar-refractivity contribution in [1.82, 2.24) is 14.9 Å². The normalized spacial score (nSPS) is 25.6. The number of aromatic amines is 1. The van der Waals surface area contributed by atoms with Crippen molar-refractivity contribution < 1.29 is 4.79 Å². The highest BCUT2D eigenvalue weighted by Gasteiger charge is 2.41. The van der Waals surface area contributed by atoms with Crippen LogP contribution in [0.25, 0.3) is 0 Å². The van der Waals surface area contributed by atoms with E-state index in [9.17, 15) is 4.79 Å². The van der Waals surface area contributed by atoms with E-state index >= 15 is 0 Å². The van der Waals surface area contributed by atoms with Crippen LogP contribution in [0.3, 0.4) is 0 Å². The minimum Gasteiger partial charge on any atom is -0.344 e. The summed E-state index contributed by atoms with van der Waals surface area (Å²) in [7, 11) is 1.04. The predicted molar refractivity (Wildman–Crippen MR) is 101 cm³/mol. The maximum Gasteiger partial charge on any atom is 0.226 e. The van der Waals surface area contributed by atoms with Gasteiger partial charge in [0.25, 0.3) is 0 Å². The molecule has 0 spiro atoms. The maximum atomic E-state index is 12.8. The van der Waals surface area contributed by atoms with E-state index in [4.69, 9.17) is 0 Å². The third-order valence-electron chi connectivity index (χ3n) is 5.59. The van der Waals surface area contributed by atoms with Crippen LogP contribution in [-0.2, 0) is 11.3 Å². The Labute approximate surface area is 147 Å². The standard InChI is InChI=1S/C19H30N3OP/c1-13-9-17(13)22(19(23)14(2)12-24-3)11-18-20-10-16(21-18)15-7-5-4-6-8-15/h10,13-15,17H,3-9,11-12H2,1-2H3,(H,20,21). The van der Waals surface area contributed by atoms with E-state index < -0.39 is 0 Å². The zero-order valence-corrected chi connectivity index (χ0v) is 15.9. The average Bonchev–Trinajstić information content (AvgIpc) is 3.13. The summed E-state index contributed by atoms with van der Waals surface area (Å²) in [6.07, 6.45) is 14.4. The van der Waals surface area contributed by atoms with E-state index in [1.165, 1.54) is 37.8 Å². The van der Waals surface area contributed by atoms with Gasteiger partial charge in [0.15, 0.2) is 0 Å². The molecule has 3 unspecified atom stereocenters. The molecule has 1 heterocycles. The lowest BCUT2D eigenvalue weighted by Gasteiger charge is -2.25. The number of imidazole rings is 1. The number of amides is 1. The predicted octanol–water partition coefficient (Wildman–Crippen LogP) is 4.21. The molecule has 0 bridgehead atoms. The van der Waals surface area contributed by atoms with E-state index in [0.29, 0.717) is 24.4 Å². The lowest BCUT2D eigenvalue weighted by atomic mass is 9.87. The van der Waals surface area contributed by atoms with Crippen LogP contribution in [0.15, 0.2) is 6.20 Å². The number of carbonyl (C=O) groups excluding carboxylic acids is 1. The molecule has 1 aromatic rings. The SMILES string of the molecule is C=PCC(C)C(=O)N(Cc1ncc(C2CCCCC2)[nH]1)C1CC1C. The molecule has 2 aliphatic carbocycles. The topological polar surface area (TPSA) is 49.0 Å². The first-order valence-corrected chi connectivity index (χ1v) is 10.6. The first kappa shape index (κ1) is 17.7.